The molecule has 0 amide bonds. The molecule has 0 saturated heterocycles. The summed E-state index contributed by atoms with van der Waals surface area (Å²) in [5, 5.41) is 19.9. The molecule has 0 saturated carbocycles. The van der Waals surface area contributed by atoms with E-state index >= 15 is 0 Å². The van der Waals surface area contributed by atoms with Crippen molar-refractivity contribution in [2.24, 2.45) is 5.10 Å². The first-order chi connectivity index (χ1) is 9.52. The molecule has 0 aliphatic rings. The minimum atomic E-state index is -0.424. The Morgan fingerprint density at radius 3 is 3.00 bits per heavy atom. The quantitative estimate of drug-likeness (QED) is 0.655. The molecule has 7 nitrogen and oxygen atoms in total. The molecule has 2 rings (SSSR count). The standard InChI is InChI=1S/C12H12N4O3S/c1-7-11(18)16(12(20)15-14-7)13-6-8-5-9(19-2)3-4-10(8)17/h3-6,17H,1-2H3,(H,15,20). The molecular formula is C12H12N4O3S. The molecule has 0 radical (unpaired) electrons. The molecule has 0 fully saturated rings. The summed E-state index contributed by atoms with van der Waals surface area (Å²) in [6.07, 6.45) is 1.32. The molecule has 20 heavy (non-hydrogen) atoms. The molecule has 0 spiro atoms. The highest BCUT2D eigenvalue weighted by Gasteiger charge is 2.03. The number of aromatic hydroxyl groups is 1. The van der Waals surface area contributed by atoms with Gasteiger partial charge in [-0.25, -0.2) is 0 Å². The van der Waals surface area contributed by atoms with Gasteiger partial charge in [0, 0.05) is 5.56 Å². The zero-order valence-corrected chi connectivity index (χ0v) is 11.6. The fourth-order valence-electron chi connectivity index (χ4n) is 1.46. The van der Waals surface area contributed by atoms with E-state index < -0.39 is 5.56 Å². The summed E-state index contributed by atoms with van der Waals surface area (Å²) < 4.78 is 6.12. The van der Waals surface area contributed by atoms with Crippen LogP contribution in [0.4, 0.5) is 0 Å². The van der Waals surface area contributed by atoms with Gasteiger partial charge in [-0.2, -0.15) is 14.9 Å². The van der Waals surface area contributed by atoms with Crippen LogP contribution in [-0.4, -0.2) is 33.3 Å². The number of nitrogens with one attached hydrogen (secondary N) is 1. The van der Waals surface area contributed by atoms with Gasteiger partial charge < -0.3 is 9.84 Å². The first-order valence-corrected chi connectivity index (χ1v) is 6.03. The number of aromatic amines is 1. The second-order valence-corrected chi connectivity index (χ2v) is 4.29. The maximum absolute atomic E-state index is 11.8. The molecule has 0 bridgehead atoms. The van der Waals surface area contributed by atoms with Gasteiger partial charge >= 0.3 is 0 Å². The largest absolute Gasteiger partial charge is 0.507 e. The molecule has 8 heteroatoms. The first-order valence-electron chi connectivity index (χ1n) is 5.62. The summed E-state index contributed by atoms with van der Waals surface area (Å²) in [7, 11) is 1.51. The van der Waals surface area contributed by atoms with Gasteiger partial charge in [-0.3, -0.25) is 9.89 Å². The summed E-state index contributed by atoms with van der Waals surface area (Å²) >= 11 is 4.94. The number of ether oxygens (including phenoxy) is 1. The second kappa shape index (κ2) is 5.66. The highest BCUT2D eigenvalue weighted by Crippen LogP contribution is 2.20. The van der Waals surface area contributed by atoms with E-state index in [0.29, 0.717) is 11.3 Å². The van der Waals surface area contributed by atoms with Crippen molar-refractivity contribution in [2.75, 3.05) is 7.11 Å². The number of nitrogens with zero attached hydrogens (tertiary/aromatic N) is 3. The number of methoxy groups -OCH3 is 1. The van der Waals surface area contributed by atoms with Crippen molar-refractivity contribution in [3.8, 4) is 11.5 Å². The van der Waals surface area contributed by atoms with Crippen molar-refractivity contribution < 1.29 is 9.84 Å². The molecule has 1 aromatic heterocycles. The maximum Gasteiger partial charge on any atom is 0.296 e. The average molecular weight is 292 g/mol. The van der Waals surface area contributed by atoms with E-state index in [4.69, 9.17) is 17.0 Å². The topological polar surface area (TPSA) is 92.5 Å². The number of hydrogen-bond donors (Lipinski definition) is 2. The van der Waals surface area contributed by atoms with Crippen LogP contribution in [0.1, 0.15) is 11.3 Å². The third-order valence-corrected chi connectivity index (χ3v) is 2.82. The van der Waals surface area contributed by atoms with Crippen LogP contribution in [0.2, 0.25) is 0 Å². The zero-order chi connectivity index (χ0) is 14.7. The summed E-state index contributed by atoms with van der Waals surface area (Å²) in [5.74, 6) is 0.580. The van der Waals surface area contributed by atoms with Gasteiger partial charge in [-0.1, -0.05) is 0 Å². The third kappa shape index (κ3) is 2.75. The lowest BCUT2D eigenvalue weighted by molar-refractivity contribution is 0.412. The summed E-state index contributed by atoms with van der Waals surface area (Å²) in [6.45, 7) is 1.54. The van der Waals surface area contributed by atoms with E-state index in [0.717, 1.165) is 4.68 Å². The van der Waals surface area contributed by atoms with E-state index in [1.165, 1.54) is 19.4 Å². The van der Waals surface area contributed by atoms with E-state index in [9.17, 15) is 9.90 Å². The van der Waals surface area contributed by atoms with Crippen molar-refractivity contribution in [1.29, 1.82) is 0 Å². The Morgan fingerprint density at radius 2 is 2.30 bits per heavy atom. The van der Waals surface area contributed by atoms with Crippen molar-refractivity contribution in [3.63, 3.8) is 0 Å². The SMILES string of the molecule is COc1ccc(O)c(C=Nn2c(=S)[nH]nc(C)c2=O)c1. The highest BCUT2D eigenvalue weighted by atomic mass is 32.1. The zero-order valence-electron chi connectivity index (χ0n) is 10.8. The van der Waals surface area contributed by atoms with Crippen LogP contribution in [-0.2, 0) is 0 Å². The number of rotatable bonds is 3. The van der Waals surface area contributed by atoms with E-state index in [2.05, 4.69) is 15.3 Å². The molecule has 1 aromatic carbocycles. The number of H-pyrrole nitrogens is 1. The lowest BCUT2D eigenvalue weighted by Crippen LogP contribution is -2.22. The van der Waals surface area contributed by atoms with Crippen LogP contribution in [0, 0.1) is 11.7 Å². The number of phenolic OH excluding ortho intramolecular Hbond substituents is 1. The van der Waals surface area contributed by atoms with Gasteiger partial charge in [0.15, 0.2) is 0 Å². The lowest BCUT2D eigenvalue weighted by Gasteiger charge is -2.03. The van der Waals surface area contributed by atoms with Crippen LogP contribution >= 0.6 is 12.2 Å². The van der Waals surface area contributed by atoms with Crippen molar-refractivity contribution >= 4 is 18.4 Å². The minimum absolute atomic E-state index is 0.0169. The minimum Gasteiger partial charge on any atom is -0.507 e. The van der Waals surface area contributed by atoms with Crippen LogP contribution in [0.25, 0.3) is 0 Å². The molecule has 2 N–H and O–H groups in total. The Hall–Kier alpha value is -2.48. The number of benzene rings is 1. The molecule has 0 atom stereocenters. The maximum atomic E-state index is 11.8. The number of aryl methyl sites for hydroxylation is 1. The van der Waals surface area contributed by atoms with E-state index in [1.54, 1.807) is 19.1 Å². The lowest BCUT2D eigenvalue weighted by atomic mass is 10.2. The van der Waals surface area contributed by atoms with Crippen LogP contribution in [0.3, 0.4) is 0 Å². The predicted octanol–water partition coefficient (Wildman–Crippen LogP) is 1.21. The summed E-state index contributed by atoms with van der Waals surface area (Å²) in [4.78, 5) is 11.8. The Kier molecular flexibility index (Phi) is 3.94. The fourth-order valence-corrected chi connectivity index (χ4v) is 1.64. The van der Waals surface area contributed by atoms with Crippen molar-refractivity contribution in [2.45, 2.75) is 6.92 Å². The van der Waals surface area contributed by atoms with Gasteiger partial charge in [-0.15, -0.1) is 0 Å². The molecule has 2 aromatic rings. The first kappa shape index (κ1) is 13.9. The Balaban J connectivity index is 2.47. The van der Waals surface area contributed by atoms with E-state index in [-0.39, 0.29) is 16.2 Å². The monoisotopic (exact) mass is 292 g/mol. The van der Waals surface area contributed by atoms with Crippen LogP contribution < -0.4 is 10.3 Å². The molecule has 0 aliphatic heterocycles. The molecule has 0 unspecified atom stereocenters. The molecular weight excluding hydrogens is 280 g/mol. The second-order valence-electron chi connectivity index (χ2n) is 3.90. The number of aromatic nitrogens is 3. The number of hydrogen-bond acceptors (Lipinski definition) is 6. The molecule has 0 aliphatic carbocycles. The van der Waals surface area contributed by atoms with Gasteiger partial charge in [0.1, 0.15) is 17.2 Å². The van der Waals surface area contributed by atoms with Gasteiger partial charge in [0.25, 0.3) is 5.56 Å². The summed E-state index contributed by atoms with van der Waals surface area (Å²) in [6, 6.07) is 4.67. The van der Waals surface area contributed by atoms with Crippen LogP contribution in [0.5, 0.6) is 11.5 Å². The van der Waals surface area contributed by atoms with E-state index in [1.807, 2.05) is 0 Å². The van der Waals surface area contributed by atoms with Gasteiger partial charge in [0.2, 0.25) is 4.77 Å². The third-order valence-electron chi connectivity index (χ3n) is 2.56. The number of phenols is 1. The Labute approximate surface area is 119 Å². The van der Waals surface area contributed by atoms with Gasteiger partial charge in [0.05, 0.1) is 13.3 Å². The van der Waals surface area contributed by atoms with Crippen molar-refractivity contribution in [3.05, 3.63) is 44.6 Å². The molecule has 1 heterocycles. The summed E-state index contributed by atoms with van der Waals surface area (Å²) in [5.41, 5.74) is 0.220. The average Bonchev–Trinajstić information content (AvgIpc) is 2.45. The van der Waals surface area contributed by atoms with Gasteiger partial charge in [-0.05, 0) is 37.3 Å². The Bertz CT molecular complexity index is 779. The Morgan fingerprint density at radius 1 is 1.55 bits per heavy atom. The predicted molar refractivity (Wildman–Crippen MR) is 76.1 cm³/mol. The highest BCUT2D eigenvalue weighted by molar-refractivity contribution is 7.71. The fraction of sp³-hybridized carbons (Fsp3) is 0.167. The van der Waals surface area contributed by atoms with Crippen molar-refractivity contribution in [1.82, 2.24) is 14.9 Å². The normalized spacial score (nSPS) is 10.9. The van der Waals surface area contributed by atoms with Crippen LogP contribution in [0.15, 0.2) is 28.1 Å². The smallest absolute Gasteiger partial charge is 0.296 e. The molecule has 104 valence electrons.